The van der Waals surface area contributed by atoms with E-state index >= 15 is 0 Å². The van der Waals surface area contributed by atoms with Crippen LogP contribution in [0.15, 0.2) is 18.2 Å². The second-order valence-corrected chi connectivity index (χ2v) is 8.73. The number of methoxy groups -OCH3 is 1. The number of fused-ring (bicyclic) bond motifs is 1. The number of hydrogen-bond acceptors (Lipinski definition) is 9. The van der Waals surface area contributed by atoms with Crippen LogP contribution in [0.4, 0.5) is 20.7 Å². The molecule has 1 amide bonds. The maximum Gasteiger partial charge on any atom is 0.296 e. The normalized spacial score (nSPS) is 16.5. The van der Waals surface area contributed by atoms with Crippen LogP contribution in [0, 0.1) is 0 Å². The van der Waals surface area contributed by atoms with Gasteiger partial charge < -0.3 is 24.2 Å². The van der Waals surface area contributed by atoms with Crippen molar-refractivity contribution >= 4 is 40.4 Å². The Bertz CT molecular complexity index is 1260. The quantitative estimate of drug-likeness (QED) is 0.430. The Labute approximate surface area is 210 Å². The van der Waals surface area contributed by atoms with Crippen LogP contribution in [0.1, 0.15) is 12.2 Å². The Balaban J connectivity index is 1.61. The highest BCUT2D eigenvalue weighted by Gasteiger charge is 2.35. The van der Waals surface area contributed by atoms with E-state index in [-0.39, 0.29) is 29.3 Å². The van der Waals surface area contributed by atoms with Crippen molar-refractivity contribution in [2.45, 2.75) is 12.5 Å². The Hall–Kier alpha value is -3.32. The van der Waals surface area contributed by atoms with Crippen LogP contribution in [0.5, 0.6) is 5.75 Å². The predicted molar refractivity (Wildman–Crippen MR) is 128 cm³/mol. The van der Waals surface area contributed by atoms with Crippen LogP contribution in [-0.2, 0) is 9.53 Å². The van der Waals surface area contributed by atoms with Gasteiger partial charge in [0, 0.05) is 33.2 Å². The zero-order chi connectivity index (χ0) is 25.4. The fourth-order valence-corrected chi connectivity index (χ4v) is 4.44. The second-order valence-electron chi connectivity index (χ2n) is 8.47. The van der Waals surface area contributed by atoms with Gasteiger partial charge >= 0.3 is 0 Å². The summed E-state index contributed by atoms with van der Waals surface area (Å²) >= 11 is 5.67. The van der Waals surface area contributed by atoms with Crippen molar-refractivity contribution in [1.82, 2.24) is 29.4 Å². The number of rotatable bonds is 7. The summed E-state index contributed by atoms with van der Waals surface area (Å²) in [5.74, 6) is 0.314. The average molecular weight is 523 g/mol. The van der Waals surface area contributed by atoms with E-state index in [1.807, 2.05) is 9.80 Å². The van der Waals surface area contributed by atoms with E-state index in [0.717, 1.165) is 0 Å². The molecule has 36 heavy (non-hydrogen) atoms. The third-order valence-corrected chi connectivity index (χ3v) is 6.60. The maximum atomic E-state index is 14.2. The highest BCUT2D eigenvalue weighted by atomic mass is 35.5. The van der Waals surface area contributed by atoms with Crippen LogP contribution in [0.3, 0.4) is 0 Å². The minimum atomic E-state index is -2.88. The van der Waals surface area contributed by atoms with Gasteiger partial charge in [-0.25, -0.2) is 13.8 Å². The monoisotopic (exact) mass is 522 g/mol. The number of benzene rings is 1. The molecule has 5 rings (SSSR count). The summed E-state index contributed by atoms with van der Waals surface area (Å²) in [6.07, 6.45) is -2.88. The molecule has 3 aromatic rings. The van der Waals surface area contributed by atoms with Gasteiger partial charge in [-0.2, -0.15) is 15.0 Å². The largest absolute Gasteiger partial charge is 0.494 e. The molecule has 11 nitrogen and oxygen atoms in total. The molecule has 0 bridgehead atoms. The molecule has 2 aliphatic rings. The molecule has 0 unspecified atom stereocenters. The van der Waals surface area contributed by atoms with E-state index in [0.29, 0.717) is 62.6 Å². The number of anilines is 2. The zero-order valence-electron chi connectivity index (χ0n) is 19.8. The van der Waals surface area contributed by atoms with E-state index in [4.69, 9.17) is 21.1 Å². The lowest BCUT2D eigenvalue weighted by Crippen LogP contribution is -2.61. The SMILES string of the molecule is COc1cccc2c1nc(C(F)F)n2-c1nc(N2CCOCC2)nc(N(C)C2CN(C(=O)CCl)C2)n1. The summed E-state index contributed by atoms with van der Waals surface area (Å²) in [5, 5.41) is 0. The second kappa shape index (κ2) is 9.97. The van der Waals surface area contributed by atoms with Crippen molar-refractivity contribution in [2.24, 2.45) is 0 Å². The number of aromatic nitrogens is 5. The fourth-order valence-electron chi connectivity index (χ4n) is 4.27. The number of likely N-dealkylation sites (tertiary alicyclic amines) is 1. The summed E-state index contributed by atoms with van der Waals surface area (Å²) in [6.45, 7) is 3.02. The first-order chi connectivity index (χ1) is 17.4. The molecule has 0 aliphatic carbocycles. The Morgan fingerprint density at radius 2 is 1.92 bits per heavy atom. The highest BCUT2D eigenvalue weighted by Crippen LogP contribution is 2.32. The summed E-state index contributed by atoms with van der Waals surface area (Å²) in [6, 6.07) is 4.97. The molecule has 0 atom stereocenters. The van der Waals surface area contributed by atoms with E-state index in [1.165, 1.54) is 11.7 Å². The minimum absolute atomic E-state index is 0.0207. The van der Waals surface area contributed by atoms with Gasteiger partial charge in [-0.3, -0.25) is 9.36 Å². The molecule has 2 saturated heterocycles. The van der Waals surface area contributed by atoms with Gasteiger partial charge in [0.25, 0.3) is 6.43 Å². The summed E-state index contributed by atoms with van der Waals surface area (Å²) < 4.78 is 40.4. The van der Waals surface area contributed by atoms with Gasteiger partial charge in [-0.1, -0.05) is 6.07 Å². The predicted octanol–water partition coefficient (Wildman–Crippen LogP) is 1.88. The van der Waals surface area contributed by atoms with Gasteiger partial charge in [0.15, 0.2) is 5.82 Å². The number of imidazole rings is 1. The molecule has 2 aromatic heterocycles. The lowest BCUT2D eigenvalue weighted by molar-refractivity contribution is -0.132. The van der Waals surface area contributed by atoms with Gasteiger partial charge in [0.05, 0.1) is 31.9 Å². The number of ether oxygens (including phenoxy) is 2. The number of alkyl halides is 3. The molecular formula is C22H25ClF2N8O3. The van der Waals surface area contributed by atoms with E-state index < -0.39 is 12.2 Å². The van der Waals surface area contributed by atoms with E-state index in [1.54, 1.807) is 30.1 Å². The topological polar surface area (TPSA) is 102 Å². The molecule has 2 aliphatic heterocycles. The van der Waals surface area contributed by atoms with Crippen molar-refractivity contribution in [1.29, 1.82) is 0 Å². The van der Waals surface area contributed by atoms with Crippen LogP contribution in [-0.4, -0.2) is 101 Å². The number of likely N-dealkylation sites (N-methyl/N-ethyl adjacent to an activating group) is 1. The van der Waals surface area contributed by atoms with Crippen LogP contribution in [0.25, 0.3) is 17.0 Å². The summed E-state index contributed by atoms with van der Waals surface area (Å²) in [4.78, 5) is 35.2. The maximum absolute atomic E-state index is 14.2. The Kier molecular flexibility index (Phi) is 6.75. The zero-order valence-corrected chi connectivity index (χ0v) is 20.5. The number of carbonyl (C=O) groups is 1. The molecule has 0 N–H and O–H groups in total. The first kappa shape index (κ1) is 24.4. The lowest BCUT2D eigenvalue weighted by atomic mass is 10.1. The van der Waals surface area contributed by atoms with Crippen molar-refractivity contribution in [2.75, 3.05) is 69.2 Å². The number of hydrogen-bond donors (Lipinski definition) is 0. The molecular weight excluding hydrogens is 498 g/mol. The van der Waals surface area contributed by atoms with E-state index in [9.17, 15) is 13.6 Å². The van der Waals surface area contributed by atoms with Crippen molar-refractivity contribution in [3.63, 3.8) is 0 Å². The first-order valence-corrected chi connectivity index (χ1v) is 11.9. The third-order valence-electron chi connectivity index (χ3n) is 6.38. The molecule has 2 fully saturated rings. The van der Waals surface area contributed by atoms with Crippen molar-refractivity contribution in [3.05, 3.63) is 24.0 Å². The Morgan fingerprint density at radius 3 is 2.58 bits per heavy atom. The first-order valence-electron chi connectivity index (χ1n) is 11.4. The van der Waals surface area contributed by atoms with Crippen molar-refractivity contribution in [3.8, 4) is 11.7 Å². The van der Waals surface area contributed by atoms with E-state index in [2.05, 4.69) is 19.9 Å². The number of amides is 1. The molecule has 0 saturated carbocycles. The molecule has 14 heteroatoms. The molecule has 0 spiro atoms. The fraction of sp³-hybridized carbons (Fsp3) is 0.500. The van der Waals surface area contributed by atoms with Gasteiger partial charge in [0.2, 0.25) is 23.8 Å². The minimum Gasteiger partial charge on any atom is -0.494 e. The summed E-state index contributed by atoms with van der Waals surface area (Å²) in [5.41, 5.74) is 0.674. The van der Waals surface area contributed by atoms with Crippen LogP contribution < -0.4 is 14.5 Å². The van der Waals surface area contributed by atoms with Crippen LogP contribution >= 0.6 is 11.6 Å². The summed E-state index contributed by atoms with van der Waals surface area (Å²) in [7, 11) is 3.26. The number of para-hydroxylation sites is 1. The molecule has 1 aromatic carbocycles. The van der Waals surface area contributed by atoms with Gasteiger partial charge in [-0.15, -0.1) is 11.6 Å². The molecule has 4 heterocycles. The number of halogens is 3. The smallest absolute Gasteiger partial charge is 0.296 e. The highest BCUT2D eigenvalue weighted by molar-refractivity contribution is 6.27. The molecule has 0 radical (unpaired) electrons. The number of nitrogens with zero attached hydrogens (tertiary/aromatic N) is 8. The average Bonchev–Trinajstić information content (AvgIpc) is 3.28. The number of carbonyl (C=O) groups excluding carboxylic acids is 1. The Morgan fingerprint density at radius 1 is 1.19 bits per heavy atom. The van der Waals surface area contributed by atoms with Crippen LogP contribution in [0.2, 0.25) is 0 Å². The van der Waals surface area contributed by atoms with Crippen molar-refractivity contribution < 1.29 is 23.0 Å². The standard InChI is InChI=1S/C22H25ClF2N8O3/c1-30(13-11-32(12-13)16(34)10-23)20-27-21(31-6-8-36-9-7-31)29-22(28-20)33-14-4-3-5-15(35-2)17(14)26-19(33)18(24)25/h3-5,13,18H,6-12H2,1-2H3. The molecule has 192 valence electrons. The lowest BCUT2D eigenvalue weighted by Gasteiger charge is -2.43. The number of morpholine rings is 1. The van der Waals surface area contributed by atoms with Gasteiger partial charge in [0.1, 0.15) is 17.1 Å². The third kappa shape index (κ3) is 4.37. The van der Waals surface area contributed by atoms with Gasteiger partial charge in [-0.05, 0) is 12.1 Å².